The average molecular weight is 424 g/mol. The topological polar surface area (TPSA) is 98.9 Å². The van der Waals surface area contributed by atoms with Crippen molar-refractivity contribution >= 4 is 17.8 Å². The lowest BCUT2D eigenvalue weighted by Gasteiger charge is -2.33. The van der Waals surface area contributed by atoms with Crippen molar-refractivity contribution in [1.82, 2.24) is 4.90 Å². The van der Waals surface area contributed by atoms with Crippen molar-refractivity contribution < 1.29 is 23.9 Å². The molecule has 7 heteroatoms. The maximum atomic E-state index is 13.4. The van der Waals surface area contributed by atoms with Gasteiger partial charge in [-0.25, -0.2) is 4.79 Å². The van der Waals surface area contributed by atoms with Gasteiger partial charge in [0.25, 0.3) is 5.91 Å². The number of hydrogen-bond acceptors (Lipinski definition) is 5. The molecule has 2 N–H and O–H groups in total. The molecule has 1 saturated heterocycles. The van der Waals surface area contributed by atoms with Crippen molar-refractivity contribution in [2.45, 2.75) is 25.4 Å². The fraction of sp³-hybridized carbons (Fsp3) is 0.375. The van der Waals surface area contributed by atoms with E-state index in [0.717, 1.165) is 0 Å². The van der Waals surface area contributed by atoms with Crippen LogP contribution in [0, 0.1) is 5.92 Å². The van der Waals surface area contributed by atoms with Crippen molar-refractivity contribution in [1.29, 1.82) is 0 Å². The Bertz CT molecular complexity index is 861. The van der Waals surface area contributed by atoms with Crippen LogP contribution in [0.5, 0.6) is 0 Å². The second-order valence-electron chi connectivity index (χ2n) is 7.50. The first-order valence-corrected chi connectivity index (χ1v) is 10.5. The number of esters is 1. The number of likely N-dealkylation sites (tertiary alicyclic amines) is 1. The number of hydrogen-bond donors (Lipinski definition) is 1. The monoisotopic (exact) mass is 424 g/mol. The summed E-state index contributed by atoms with van der Waals surface area (Å²) in [6.45, 7) is 2.39. The minimum atomic E-state index is -1.49. The van der Waals surface area contributed by atoms with Gasteiger partial charge in [-0.05, 0) is 30.9 Å². The van der Waals surface area contributed by atoms with Crippen LogP contribution < -0.4 is 5.73 Å². The lowest BCUT2D eigenvalue weighted by molar-refractivity contribution is -0.172. The normalized spacial score (nSPS) is 16.5. The third-order valence-electron chi connectivity index (χ3n) is 5.51. The van der Waals surface area contributed by atoms with Gasteiger partial charge in [0.2, 0.25) is 11.5 Å². The molecule has 0 bridgehead atoms. The highest BCUT2D eigenvalue weighted by atomic mass is 16.6. The van der Waals surface area contributed by atoms with Crippen LogP contribution in [-0.2, 0) is 29.5 Å². The van der Waals surface area contributed by atoms with Gasteiger partial charge in [0.15, 0.2) is 6.61 Å². The fourth-order valence-electron chi connectivity index (χ4n) is 3.95. The number of nitrogens with two attached hydrogens (primary N) is 1. The van der Waals surface area contributed by atoms with Crippen molar-refractivity contribution in [3.8, 4) is 0 Å². The average Bonchev–Trinajstić information content (AvgIpc) is 2.82. The van der Waals surface area contributed by atoms with E-state index in [1.54, 1.807) is 31.2 Å². The number of benzene rings is 2. The van der Waals surface area contributed by atoms with Crippen molar-refractivity contribution in [3.05, 3.63) is 71.8 Å². The van der Waals surface area contributed by atoms with Crippen molar-refractivity contribution in [2.24, 2.45) is 11.7 Å². The molecule has 1 atom stereocenters. The molecule has 0 saturated carbocycles. The number of carbonyl (C=O) groups excluding carboxylic acids is 3. The van der Waals surface area contributed by atoms with Gasteiger partial charge in [0.05, 0.1) is 5.92 Å². The molecular weight excluding hydrogens is 396 g/mol. The maximum absolute atomic E-state index is 13.4. The molecule has 0 unspecified atom stereocenters. The fourth-order valence-corrected chi connectivity index (χ4v) is 3.95. The van der Waals surface area contributed by atoms with Crippen LogP contribution in [0.25, 0.3) is 0 Å². The smallest absolute Gasteiger partial charge is 0.348 e. The molecule has 0 aliphatic carbocycles. The summed E-state index contributed by atoms with van der Waals surface area (Å²) in [4.78, 5) is 39.1. The van der Waals surface area contributed by atoms with E-state index in [9.17, 15) is 14.4 Å². The molecule has 0 spiro atoms. The van der Waals surface area contributed by atoms with E-state index >= 15 is 0 Å². The quantitative estimate of drug-likeness (QED) is 0.655. The summed E-state index contributed by atoms with van der Waals surface area (Å²) in [7, 11) is 0. The maximum Gasteiger partial charge on any atom is 0.348 e. The van der Waals surface area contributed by atoms with Gasteiger partial charge in [-0.2, -0.15) is 0 Å². The minimum absolute atomic E-state index is 0.250. The predicted octanol–water partition coefficient (Wildman–Crippen LogP) is 2.23. The van der Waals surface area contributed by atoms with Gasteiger partial charge in [-0.15, -0.1) is 0 Å². The highest BCUT2D eigenvalue weighted by molar-refractivity contribution is 5.88. The SMILES string of the molecule is CCOC(C(=O)OCC(=O)N1CCC[C@@H](C(N)=O)C1)(c1ccccc1)c1ccccc1. The zero-order valence-corrected chi connectivity index (χ0v) is 17.7. The predicted molar refractivity (Wildman–Crippen MR) is 115 cm³/mol. The number of carbonyl (C=O) groups is 3. The summed E-state index contributed by atoms with van der Waals surface area (Å²) >= 11 is 0. The molecule has 1 fully saturated rings. The lowest BCUT2D eigenvalue weighted by Crippen LogP contribution is -2.47. The van der Waals surface area contributed by atoms with E-state index < -0.39 is 24.1 Å². The molecule has 2 aromatic rings. The number of ether oxygens (including phenoxy) is 2. The largest absolute Gasteiger partial charge is 0.453 e. The second kappa shape index (κ2) is 10.2. The van der Waals surface area contributed by atoms with Crippen molar-refractivity contribution in [2.75, 3.05) is 26.3 Å². The zero-order valence-electron chi connectivity index (χ0n) is 17.7. The molecule has 164 valence electrons. The van der Waals surface area contributed by atoms with Gasteiger partial charge in [0.1, 0.15) is 0 Å². The van der Waals surface area contributed by atoms with Crippen LogP contribution >= 0.6 is 0 Å². The Morgan fingerprint density at radius 2 is 1.61 bits per heavy atom. The summed E-state index contributed by atoms with van der Waals surface area (Å²) in [6, 6.07) is 18.2. The van der Waals surface area contributed by atoms with Crippen LogP contribution in [0.3, 0.4) is 0 Å². The number of nitrogens with zero attached hydrogens (tertiary/aromatic N) is 1. The van der Waals surface area contributed by atoms with E-state index in [2.05, 4.69) is 0 Å². The summed E-state index contributed by atoms with van der Waals surface area (Å²) in [5.74, 6) is -1.81. The third-order valence-corrected chi connectivity index (χ3v) is 5.51. The van der Waals surface area contributed by atoms with Crippen LogP contribution in [0.15, 0.2) is 60.7 Å². The summed E-state index contributed by atoms with van der Waals surface area (Å²) in [5.41, 5.74) is 5.14. The van der Waals surface area contributed by atoms with E-state index in [4.69, 9.17) is 15.2 Å². The number of primary amides is 1. The summed E-state index contributed by atoms with van der Waals surface area (Å²) < 4.78 is 11.5. The van der Waals surface area contributed by atoms with Gasteiger partial charge in [-0.3, -0.25) is 9.59 Å². The van der Waals surface area contributed by atoms with Gasteiger partial charge < -0.3 is 20.1 Å². The van der Waals surface area contributed by atoms with Crippen LogP contribution in [0.2, 0.25) is 0 Å². The van der Waals surface area contributed by atoms with E-state index in [0.29, 0.717) is 30.5 Å². The Morgan fingerprint density at radius 1 is 1.03 bits per heavy atom. The number of piperidine rings is 1. The Morgan fingerprint density at radius 3 is 2.13 bits per heavy atom. The summed E-state index contributed by atoms with van der Waals surface area (Å²) in [6.07, 6.45) is 1.35. The van der Waals surface area contributed by atoms with Gasteiger partial charge in [0, 0.05) is 19.7 Å². The third kappa shape index (κ3) is 4.94. The lowest BCUT2D eigenvalue weighted by atomic mass is 9.86. The first-order chi connectivity index (χ1) is 15.0. The van der Waals surface area contributed by atoms with Crippen LogP contribution in [0.1, 0.15) is 30.9 Å². The first kappa shape index (κ1) is 22.5. The molecule has 1 aliphatic heterocycles. The zero-order chi connectivity index (χ0) is 22.3. The highest BCUT2D eigenvalue weighted by Crippen LogP contribution is 2.35. The molecule has 2 aromatic carbocycles. The van der Waals surface area contributed by atoms with E-state index in [-0.39, 0.29) is 25.0 Å². The van der Waals surface area contributed by atoms with Gasteiger partial charge in [-0.1, -0.05) is 60.7 Å². The molecule has 0 aromatic heterocycles. The Kier molecular flexibility index (Phi) is 7.41. The van der Waals surface area contributed by atoms with Crippen molar-refractivity contribution in [3.63, 3.8) is 0 Å². The highest BCUT2D eigenvalue weighted by Gasteiger charge is 2.45. The molecule has 0 radical (unpaired) electrons. The van der Waals surface area contributed by atoms with E-state index in [1.165, 1.54) is 4.90 Å². The Labute approximate surface area is 182 Å². The molecule has 3 rings (SSSR count). The van der Waals surface area contributed by atoms with Gasteiger partial charge >= 0.3 is 5.97 Å². The standard InChI is InChI=1S/C24H28N2O5/c1-2-31-24(19-11-5-3-6-12-19,20-13-7-4-8-14-20)23(29)30-17-21(27)26-15-9-10-18(16-26)22(25)28/h3-8,11-14,18H,2,9-10,15-17H2,1H3,(H2,25,28)/t18-/m1/s1. The second-order valence-corrected chi connectivity index (χ2v) is 7.50. The Balaban J connectivity index is 1.82. The van der Waals surface area contributed by atoms with Crippen LogP contribution in [0.4, 0.5) is 0 Å². The molecule has 2 amide bonds. The van der Waals surface area contributed by atoms with Crippen LogP contribution in [-0.4, -0.2) is 49.0 Å². The first-order valence-electron chi connectivity index (χ1n) is 10.5. The molecule has 1 aliphatic rings. The molecule has 7 nitrogen and oxygen atoms in total. The molecular formula is C24H28N2O5. The molecule has 31 heavy (non-hydrogen) atoms. The minimum Gasteiger partial charge on any atom is -0.453 e. The Hall–Kier alpha value is -3.19. The molecule has 1 heterocycles. The number of rotatable bonds is 8. The summed E-state index contributed by atoms with van der Waals surface area (Å²) in [5, 5.41) is 0. The van der Waals surface area contributed by atoms with E-state index in [1.807, 2.05) is 36.4 Å². The number of amides is 2.